The lowest BCUT2D eigenvalue weighted by molar-refractivity contribution is 0.351. The second-order valence-corrected chi connectivity index (χ2v) is 3.36. The fourth-order valence-corrected chi connectivity index (χ4v) is 1.18. The fourth-order valence-electron chi connectivity index (χ4n) is 1.02. The number of nitrogen functional groups attached to an aromatic ring is 1. The van der Waals surface area contributed by atoms with Crippen molar-refractivity contribution in [3.63, 3.8) is 0 Å². The summed E-state index contributed by atoms with van der Waals surface area (Å²) in [6.45, 7) is 1.76. The van der Waals surface area contributed by atoms with Gasteiger partial charge in [0, 0.05) is 12.3 Å². The van der Waals surface area contributed by atoms with Crippen molar-refractivity contribution in [1.82, 2.24) is 10.1 Å². The molecule has 0 unspecified atom stereocenters. The number of pyridine rings is 1. The molecule has 0 aliphatic carbocycles. The maximum absolute atomic E-state index is 5.69. The minimum absolute atomic E-state index is 0.257. The van der Waals surface area contributed by atoms with Crippen LogP contribution < -0.4 is 10.5 Å². The molecule has 5 nitrogen and oxygen atoms in total. The fraction of sp³-hybridized carbons (Fsp3) is 0.111. The van der Waals surface area contributed by atoms with Crippen LogP contribution in [0.25, 0.3) is 0 Å². The third kappa shape index (κ3) is 2.19. The number of anilines is 1. The van der Waals surface area contributed by atoms with Crippen LogP contribution in [0.1, 0.15) is 5.76 Å². The Labute approximate surface area is 90.8 Å². The predicted octanol–water partition coefficient (Wildman–Crippen LogP) is 2.41. The van der Waals surface area contributed by atoms with Gasteiger partial charge in [-0.3, -0.25) is 0 Å². The molecule has 2 rings (SSSR count). The molecule has 0 saturated carbocycles. The number of nitrogens with two attached hydrogens (primary N) is 1. The average Bonchev–Trinajstić information content (AvgIpc) is 2.56. The first-order valence-electron chi connectivity index (χ1n) is 4.17. The number of rotatable bonds is 2. The van der Waals surface area contributed by atoms with Gasteiger partial charge in [-0.1, -0.05) is 11.6 Å². The van der Waals surface area contributed by atoms with Crippen molar-refractivity contribution in [2.24, 2.45) is 0 Å². The minimum atomic E-state index is 0.257. The molecular weight excluding hydrogens is 218 g/mol. The van der Waals surface area contributed by atoms with Gasteiger partial charge < -0.3 is 15.0 Å². The van der Waals surface area contributed by atoms with Crippen LogP contribution in [-0.4, -0.2) is 10.1 Å². The van der Waals surface area contributed by atoms with E-state index in [1.807, 2.05) is 0 Å². The average molecular weight is 226 g/mol. The van der Waals surface area contributed by atoms with E-state index >= 15 is 0 Å². The summed E-state index contributed by atoms with van der Waals surface area (Å²) in [5.74, 6) is 1.22. The number of aromatic nitrogens is 2. The molecule has 0 spiro atoms. The smallest absolute Gasteiger partial charge is 0.261 e. The Morgan fingerprint density at radius 3 is 2.87 bits per heavy atom. The van der Waals surface area contributed by atoms with Crippen LogP contribution in [0.3, 0.4) is 0 Å². The summed E-state index contributed by atoms with van der Waals surface area (Å²) >= 11 is 5.69. The number of aryl methyl sites for hydroxylation is 1. The first kappa shape index (κ1) is 9.79. The van der Waals surface area contributed by atoms with E-state index in [1.54, 1.807) is 19.1 Å². The highest BCUT2D eigenvalue weighted by Gasteiger charge is 2.07. The molecule has 2 N–H and O–H groups in total. The molecule has 78 valence electrons. The molecule has 2 heterocycles. The third-order valence-electron chi connectivity index (χ3n) is 1.65. The maximum Gasteiger partial charge on any atom is 0.261 e. The molecule has 0 amide bonds. The number of ether oxygens (including phenoxy) is 1. The molecule has 2 aromatic rings. The van der Waals surface area contributed by atoms with Gasteiger partial charge in [-0.25, -0.2) is 4.98 Å². The Balaban J connectivity index is 2.24. The summed E-state index contributed by atoms with van der Waals surface area (Å²) < 4.78 is 10.1. The summed E-state index contributed by atoms with van der Waals surface area (Å²) in [7, 11) is 0. The van der Waals surface area contributed by atoms with Gasteiger partial charge in [0.05, 0.1) is 10.7 Å². The van der Waals surface area contributed by atoms with Crippen LogP contribution >= 0.6 is 11.6 Å². The topological polar surface area (TPSA) is 74.2 Å². The molecule has 0 aromatic carbocycles. The van der Waals surface area contributed by atoms with E-state index in [-0.39, 0.29) is 5.88 Å². The summed E-state index contributed by atoms with van der Waals surface area (Å²) in [5.41, 5.74) is 6.00. The standard InChI is InChI=1S/C9H8ClN3O2/c1-5-2-8(13-15-5)14-9-7(11)3-6(10)4-12-9/h2-4H,11H2,1H3. The number of halogens is 1. The summed E-state index contributed by atoms with van der Waals surface area (Å²) in [6, 6.07) is 3.19. The maximum atomic E-state index is 5.69. The Hall–Kier alpha value is -1.75. The number of hydrogen-bond donors (Lipinski definition) is 1. The monoisotopic (exact) mass is 225 g/mol. The first-order valence-corrected chi connectivity index (χ1v) is 4.55. The zero-order valence-electron chi connectivity index (χ0n) is 7.90. The van der Waals surface area contributed by atoms with E-state index in [4.69, 9.17) is 26.6 Å². The van der Waals surface area contributed by atoms with Crippen LogP contribution in [0.2, 0.25) is 5.02 Å². The zero-order chi connectivity index (χ0) is 10.8. The molecule has 0 aliphatic heterocycles. The normalized spacial score (nSPS) is 10.3. The second-order valence-electron chi connectivity index (χ2n) is 2.93. The Morgan fingerprint density at radius 2 is 2.27 bits per heavy atom. The van der Waals surface area contributed by atoms with Crippen LogP contribution in [-0.2, 0) is 0 Å². The molecule has 0 bridgehead atoms. The summed E-state index contributed by atoms with van der Waals surface area (Å²) in [4.78, 5) is 3.92. The largest absolute Gasteiger partial charge is 0.415 e. The van der Waals surface area contributed by atoms with E-state index in [0.717, 1.165) is 0 Å². The Morgan fingerprint density at radius 1 is 1.47 bits per heavy atom. The quantitative estimate of drug-likeness (QED) is 0.850. The Bertz CT molecular complexity index is 484. The van der Waals surface area contributed by atoms with Crippen molar-refractivity contribution in [3.8, 4) is 11.8 Å². The minimum Gasteiger partial charge on any atom is -0.415 e. The molecule has 0 fully saturated rings. The second kappa shape index (κ2) is 3.78. The van der Waals surface area contributed by atoms with Crippen molar-refractivity contribution in [2.75, 3.05) is 5.73 Å². The third-order valence-corrected chi connectivity index (χ3v) is 1.86. The van der Waals surface area contributed by atoms with Gasteiger partial charge in [0.1, 0.15) is 5.76 Å². The van der Waals surface area contributed by atoms with Crippen molar-refractivity contribution in [2.45, 2.75) is 6.92 Å². The van der Waals surface area contributed by atoms with Gasteiger partial charge in [0.25, 0.3) is 5.88 Å². The molecule has 0 radical (unpaired) electrons. The van der Waals surface area contributed by atoms with Crippen LogP contribution in [0, 0.1) is 6.92 Å². The van der Waals surface area contributed by atoms with Gasteiger partial charge in [-0.05, 0) is 18.1 Å². The lowest BCUT2D eigenvalue weighted by Gasteiger charge is -2.03. The van der Waals surface area contributed by atoms with Crippen LogP contribution in [0.15, 0.2) is 22.9 Å². The van der Waals surface area contributed by atoms with E-state index in [2.05, 4.69) is 10.1 Å². The van der Waals surface area contributed by atoms with E-state index in [0.29, 0.717) is 22.4 Å². The molecule has 0 saturated heterocycles. The lowest BCUT2D eigenvalue weighted by Crippen LogP contribution is -1.94. The molecule has 0 atom stereocenters. The van der Waals surface area contributed by atoms with E-state index in [1.165, 1.54) is 6.20 Å². The highest BCUT2D eigenvalue weighted by atomic mass is 35.5. The predicted molar refractivity (Wildman–Crippen MR) is 55.0 cm³/mol. The Kier molecular flexibility index (Phi) is 2.47. The van der Waals surface area contributed by atoms with Gasteiger partial charge in [0.15, 0.2) is 0 Å². The number of nitrogens with zero attached hydrogens (tertiary/aromatic N) is 2. The summed E-state index contributed by atoms with van der Waals surface area (Å²) in [6.07, 6.45) is 1.44. The molecule has 0 aliphatic rings. The van der Waals surface area contributed by atoms with Gasteiger partial charge in [0.2, 0.25) is 5.88 Å². The van der Waals surface area contributed by atoms with Crippen LogP contribution in [0.4, 0.5) is 5.69 Å². The summed E-state index contributed by atoms with van der Waals surface area (Å²) in [5, 5.41) is 4.10. The molecule has 15 heavy (non-hydrogen) atoms. The van der Waals surface area contributed by atoms with Gasteiger partial charge >= 0.3 is 0 Å². The van der Waals surface area contributed by atoms with E-state index < -0.39 is 0 Å². The molecular formula is C9H8ClN3O2. The molecule has 6 heteroatoms. The zero-order valence-corrected chi connectivity index (χ0v) is 8.65. The van der Waals surface area contributed by atoms with Crippen molar-refractivity contribution in [1.29, 1.82) is 0 Å². The molecule has 2 aromatic heterocycles. The van der Waals surface area contributed by atoms with Crippen molar-refractivity contribution < 1.29 is 9.26 Å². The first-order chi connectivity index (χ1) is 7.15. The lowest BCUT2D eigenvalue weighted by atomic mass is 10.4. The van der Waals surface area contributed by atoms with Gasteiger partial charge in [-0.15, -0.1) is 0 Å². The van der Waals surface area contributed by atoms with E-state index in [9.17, 15) is 0 Å². The van der Waals surface area contributed by atoms with Crippen LogP contribution in [0.5, 0.6) is 11.8 Å². The number of hydrogen-bond acceptors (Lipinski definition) is 5. The van der Waals surface area contributed by atoms with Gasteiger partial charge in [-0.2, -0.15) is 0 Å². The SMILES string of the molecule is Cc1cc(Oc2ncc(Cl)cc2N)no1. The van der Waals surface area contributed by atoms with Crippen molar-refractivity contribution in [3.05, 3.63) is 29.1 Å². The van der Waals surface area contributed by atoms with Crippen molar-refractivity contribution >= 4 is 17.3 Å². The highest BCUT2D eigenvalue weighted by molar-refractivity contribution is 6.30. The highest BCUT2D eigenvalue weighted by Crippen LogP contribution is 2.26.